The molecule has 1 atom stereocenters. The number of amides is 1. The molecule has 4 heterocycles. The Kier molecular flexibility index (Phi) is 4.54. The minimum atomic E-state index is -0.305. The van der Waals surface area contributed by atoms with E-state index in [1.165, 1.54) is 5.56 Å². The molecule has 0 radical (unpaired) electrons. The summed E-state index contributed by atoms with van der Waals surface area (Å²) < 4.78 is 3.87. The molecule has 2 aromatic heterocycles. The van der Waals surface area contributed by atoms with Gasteiger partial charge in [-0.05, 0) is 34.2 Å². The zero-order chi connectivity index (χ0) is 20.1. The van der Waals surface area contributed by atoms with Crippen LogP contribution in [0.4, 0.5) is 0 Å². The van der Waals surface area contributed by atoms with Crippen molar-refractivity contribution in [3.63, 3.8) is 0 Å². The van der Waals surface area contributed by atoms with E-state index in [0.29, 0.717) is 12.4 Å². The number of hydrogen-bond donors (Lipinski definition) is 1. The highest BCUT2D eigenvalue weighted by Gasteiger charge is 2.46. The molecule has 152 valence electrons. The van der Waals surface area contributed by atoms with E-state index in [2.05, 4.69) is 43.7 Å². The topological polar surface area (TPSA) is 84.1 Å². The molecule has 1 spiro atoms. The fourth-order valence-corrected chi connectivity index (χ4v) is 4.31. The zero-order valence-corrected chi connectivity index (χ0v) is 17.4. The molecule has 0 aromatic carbocycles. The number of aromatic nitrogens is 5. The number of hydrogen-bond acceptors (Lipinski definition) is 6. The number of likely N-dealkylation sites (N-methyl/N-ethyl adjacent to an activating group) is 1. The third-order valence-corrected chi connectivity index (χ3v) is 5.74. The van der Waals surface area contributed by atoms with Crippen molar-refractivity contribution in [2.75, 3.05) is 20.1 Å². The molecule has 9 heteroatoms. The van der Waals surface area contributed by atoms with Crippen molar-refractivity contribution in [3.05, 3.63) is 29.6 Å². The predicted octanol–water partition coefficient (Wildman–Crippen LogP) is 0.630. The van der Waals surface area contributed by atoms with E-state index < -0.39 is 0 Å². The summed E-state index contributed by atoms with van der Waals surface area (Å²) in [5.74, 6) is 1.12. The Morgan fingerprint density at radius 2 is 2.04 bits per heavy atom. The van der Waals surface area contributed by atoms with Gasteiger partial charge >= 0.3 is 0 Å². The van der Waals surface area contributed by atoms with E-state index >= 15 is 0 Å². The van der Waals surface area contributed by atoms with E-state index in [4.69, 9.17) is 0 Å². The highest BCUT2D eigenvalue weighted by molar-refractivity contribution is 5.91. The first-order valence-corrected chi connectivity index (χ1v) is 9.81. The molecule has 9 nitrogen and oxygen atoms in total. The van der Waals surface area contributed by atoms with Gasteiger partial charge in [0, 0.05) is 50.5 Å². The molecular formula is C19H30N8O. The second kappa shape index (κ2) is 6.66. The Bertz CT molecular complexity index is 879. The number of nitrogens with zero attached hydrogens (tertiary/aromatic N) is 7. The monoisotopic (exact) mass is 386 g/mol. The number of carbonyl (C=O) groups is 1. The summed E-state index contributed by atoms with van der Waals surface area (Å²) in [6.07, 6.45) is 5.06. The van der Waals surface area contributed by atoms with Crippen molar-refractivity contribution in [2.45, 2.75) is 57.9 Å². The van der Waals surface area contributed by atoms with Crippen LogP contribution in [0.5, 0.6) is 0 Å². The second-order valence-electron chi connectivity index (χ2n) is 9.29. The average molecular weight is 387 g/mol. The lowest BCUT2D eigenvalue weighted by Gasteiger charge is -2.43. The molecular weight excluding hydrogens is 356 g/mol. The van der Waals surface area contributed by atoms with Crippen molar-refractivity contribution >= 4 is 5.91 Å². The molecule has 0 unspecified atom stereocenters. The third-order valence-electron chi connectivity index (χ3n) is 5.74. The van der Waals surface area contributed by atoms with Gasteiger partial charge in [-0.3, -0.25) is 19.3 Å². The van der Waals surface area contributed by atoms with Crippen molar-refractivity contribution in [3.8, 4) is 0 Å². The summed E-state index contributed by atoms with van der Waals surface area (Å²) in [6.45, 7) is 10.2. The van der Waals surface area contributed by atoms with Crippen LogP contribution in [-0.4, -0.2) is 71.5 Å². The van der Waals surface area contributed by atoms with Gasteiger partial charge in [0.05, 0.1) is 18.3 Å². The molecule has 28 heavy (non-hydrogen) atoms. The first-order valence-electron chi connectivity index (χ1n) is 9.81. The summed E-state index contributed by atoms with van der Waals surface area (Å²) in [6, 6.07) is 0. The van der Waals surface area contributed by atoms with Crippen molar-refractivity contribution in [1.29, 1.82) is 0 Å². The number of fused-ring (bicyclic) bond motifs is 1. The number of likely N-dealkylation sites (tertiary alicyclic amines) is 1. The largest absolute Gasteiger partial charge is 0.345 e. The van der Waals surface area contributed by atoms with Crippen LogP contribution in [0.15, 0.2) is 12.4 Å². The van der Waals surface area contributed by atoms with Crippen LogP contribution in [0.25, 0.3) is 0 Å². The summed E-state index contributed by atoms with van der Waals surface area (Å²) >= 11 is 0. The molecule has 2 aliphatic rings. The third kappa shape index (κ3) is 3.56. The highest BCUT2D eigenvalue weighted by atomic mass is 16.2. The van der Waals surface area contributed by atoms with Gasteiger partial charge in [0.2, 0.25) is 5.82 Å². The second-order valence-corrected chi connectivity index (χ2v) is 9.29. The Morgan fingerprint density at radius 3 is 2.71 bits per heavy atom. The summed E-state index contributed by atoms with van der Waals surface area (Å²) in [5, 5.41) is 15.8. The van der Waals surface area contributed by atoms with Gasteiger partial charge in [-0.25, -0.2) is 0 Å². The zero-order valence-electron chi connectivity index (χ0n) is 17.4. The van der Waals surface area contributed by atoms with Crippen molar-refractivity contribution in [2.24, 2.45) is 7.05 Å². The quantitative estimate of drug-likeness (QED) is 0.833. The van der Waals surface area contributed by atoms with Gasteiger partial charge in [-0.2, -0.15) is 5.10 Å². The van der Waals surface area contributed by atoms with Crippen LogP contribution in [0.3, 0.4) is 0 Å². The normalized spacial score (nSPS) is 23.3. The van der Waals surface area contributed by atoms with Crippen LogP contribution in [-0.2, 0) is 26.7 Å². The average Bonchev–Trinajstić information content (AvgIpc) is 3.28. The molecule has 2 aromatic rings. The lowest BCUT2D eigenvalue weighted by Crippen LogP contribution is -2.55. The van der Waals surface area contributed by atoms with Gasteiger partial charge in [0.1, 0.15) is 5.82 Å². The molecule has 1 N–H and O–H groups in total. The molecule has 2 aliphatic heterocycles. The summed E-state index contributed by atoms with van der Waals surface area (Å²) in [7, 11) is 4.10. The van der Waals surface area contributed by atoms with E-state index in [9.17, 15) is 4.79 Å². The highest BCUT2D eigenvalue weighted by Crippen LogP contribution is 2.34. The molecule has 4 rings (SSSR count). The Morgan fingerprint density at radius 1 is 1.25 bits per heavy atom. The number of carbonyl (C=O) groups excluding carboxylic acids is 1. The van der Waals surface area contributed by atoms with Gasteiger partial charge in [-0.1, -0.05) is 0 Å². The summed E-state index contributed by atoms with van der Waals surface area (Å²) in [4.78, 5) is 17.6. The Hall–Kier alpha value is -2.26. The molecule has 0 bridgehead atoms. The maximum atomic E-state index is 12.7. The molecule has 1 fully saturated rings. The van der Waals surface area contributed by atoms with Crippen molar-refractivity contribution in [1.82, 2.24) is 39.7 Å². The molecule has 0 aliphatic carbocycles. The van der Waals surface area contributed by atoms with Crippen LogP contribution in [0, 0.1) is 0 Å². The minimum Gasteiger partial charge on any atom is -0.345 e. The number of rotatable bonds is 3. The van der Waals surface area contributed by atoms with E-state index in [0.717, 1.165) is 38.4 Å². The fourth-order valence-electron chi connectivity index (χ4n) is 4.31. The first-order chi connectivity index (χ1) is 13.2. The Balaban J connectivity index is 1.52. The van der Waals surface area contributed by atoms with Gasteiger partial charge < -0.3 is 9.88 Å². The van der Waals surface area contributed by atoms with Crippen LogP contribution in [0.2, 0.25) is 0 Å². The Labute approximate surface area is 165 Å². The van der Waals surface area contributed by atoms with Crippen LogP contribution < -0.4 is 5.32 Å². The van der Waals surface area contributed by atoms with Crippen molar-refractivity contribution < 1.29 is 4.79 Å². The van der Waals surface area contributed by atoms with E-state index in [-0.39, 0.29) is 17.0 Å². The molecule has 1 amide bonds. The van der Waals surface area contributed by atoms with Gasteiger partial charge in [0.15, 0.2) is 0 Å². The lowest BCUT2D eigenvalue weighted by atomic mass is 9.94. The maximum Gasteiger partial charge on any atom is 0.289 e. The van der Waals surface area contributed by atoms with Gasteiger partial charge in [-0.15, -0.1) is 10.2 Å². The number of nitrogens with one attached hydrogen (secondary N) is 1. The standard InChI is InChI=1S/C19H30N8O/c1-18(2,3)21-17(28)16-23-22-15-11-24(4)19(13-27(15)16)6-7-26(12-19)10-14-8-20-25(5)9-14/h8-9H,6-7,10-13H2,1-5H3,(H,21,28)/t19-/m1/s1. The SMILES string of the molecule is CN1Cc2nnc(C(=O)NC(C)(C)C)n2C[C@]12CCN(Cc1cnn(C)c1)C2. The van der Waals surface area contributed by atoms with E-state index in [1.807, 2.05) is 43.3 Å². The summed E-state index contributed by atoms with van der Waals surface area (Å²) in [5.41, 5.74) is 0.919. The predicted molar refractivity (Wildman–Crippen MR) is 105 cm³/mol. The lowest BCUT2D eigenvalue weighted by molar-refractivity contribution is 0.0645. The van der Waals surface area contributed by atoms with Crippen LogP contribution >= 0.6 is 0 Å². The fraction of sp³-hybridized carbons (Fsp3) is 0.684. The maximum absolute atomic E-state index is 12.7. The number of aryl methyl sites for hydroxylation is 1. The van der Waals surface area contributed by atoms with Crippen LogP contribution in [0.1, 0.15) is 49.2 Å². The molecule has 1 saturated heterocycles. The smallest absolute Gasteiger partial charge is 0.289 e. The van der Waals surface area contributed by atoms with E-state index in [1.54, 1.807) is 0 Å². The minimum absolute atomic E-state index is 0.00560. The molecule has 0 saturated carbocycles. The van der Waals surface area contributed by atoms with Gasteiger partial charge in [0.25, 0.3) is 5.91 Å². The first kappa shape index (κ1) is 19.1.